The minimum Gasteiger partial charge on any atom is -0.444 e. The Balaban J connectivity index is 2.19. The number of hydrogen-bond acceptors (Lipinski definition) is 5. The van der Waals surface area contributed by atoms with Gasteiger partial charge in [0.2, 0.25) is 0 Å². The zero-order valence-corrected chi connectivity index (χ0v) is 17.3. The van der Waals surface area contributed by atoms with Crippen LogP contribution in [0.15, 0.2) is 0 Å². The van der Waals surface area contributed by atoms with Crippen LogP contribution in [0.4, 0.5) is 9.59 Å². The van der Waals surface area contributed by atoms with Gasteiger partial charge < -0.3 is 19.3 Å². The highest BCUT2D eigenvalue weighted by Gasteiger charge is 2.59. The number of carbonyl (C=O) groups excluding carboxylic acids is 2. The van der Waals surface area contributed by atoms with Crippen molar-refractivity contribution in [2.45, 2.75) is 71.8 Å². The molecular weight excluding hydrogens is 340 g/mol. The van der Waals surface area contributed by atoms with Gasteiger partial charge in [-0.1, -0.05) is 6.92 Å². The predicted molar refractivity (Wildman–Crippen MR) is 100.0 cm³/mol. The summed E-state index contributed by atoms with van der Waals surface area (Å²) in [7, 11) is 0. The van der Waals surface area contributed by atoms with Gasteiger partial charge in [0.1, 0.15) is 11.2 Å². The van der Waals surface area contributed by atoms with E-state index in [-0.39, 0.29) is 36.1 Å². The van der Waals surface area contributed by atoms with Crippen LogP contribution in [0.1, 0.15) is 48.5 Å². The number of carbonyl (C=O) groups is 2. The summed E-state index contributed by atoms with van der Waals surface area (Å²) in [5.74, 6) is 0.885. The summed E-state index contributed by atoms with van der Waals surface area (Å²) >= 11 is 4.41. The maximum atomic E-state index is 12.7. The summed E-state index contributed by atoms with van der Waals surface area (Å²) in [6.07, 6.45) is -0.630. The van der Waals surface area contributed by atoms with E-state index < -0.39 is 11.2 Å². The Morgan fingerprint density at radius 2 is 1.28 bits per heavy atom. The van der Waals surface area contributed by atoms with Crippen molar-refractivity contribution in [2.75, 3.05) is 18.8 Å². The first kappa shape index (κ1) is 20.2. The molecule has 1 heterocycles. The van der Waals surface area contributed by atoms with E-state index in [1.807, 2.05) is 41.5 Å². The minimum atomic E-state index is -0.543. The minimum absolute atomic E-state index is 0.0211. The van der Waals surface area contributed by atoms with Crippen molar-refractivity contribution < 1.29 is 19.1 Å². The van der Waals surface area contributed by atoms with Crippen LogP contribution in [-0.2, 0) is 9.47 Å². The van der Waals surface area contributed by atoms with Crippen LogP contribution < -0.4 is 0 Å². The van der Waals surface area contributed by atoms with Gasteiger partial charge in [0.15, 0.2) is 0 Å². The second kappa shape index (κ2) is 6.89. The lowest BCUT2D eigenvalue weighted by molar-refractivity contribution is 0.0194. The van der Waals surface area contributed by atoms with Gasteiger partial charge in [0, 0.05) is 24.9 Å². The molecule has 0 bridgehead atoms. The van der Waals surface area contributed by atoms with Crippen LogP contribution in [-0.4, -0.2) is 64.1 Å². The molecule has 0 aromatic rings. The van der Waals surface area contributed by atoms with Crippen LogP contribution in [0.3, 0.4) is 0 Å². The van der Waals surface area contributed by atoms with E-state index >= 15 is 0 Å². The standard InChI is InChI=1S/C18H32N2O4S/c1-11-13-14(11)20(16(22)24-18(5,6)7)9-12(10-25)8-19(13)15(21)23-17(2,3)4/h11-14,25H,8-10H2,1-7H3/t11-,12-,13+,14-. The molecule has 7 heteroatoms. The molecule has 0 radical (unpaired) electrons. The molecule has 2 amide bonds. The first-order chi connectivity index (χ1) is 11.3. The summed E-state index contributed by atoms with van der Waals surface area (Å²) in [6, 6.07) is -0.0421. The lowest BCUT2D eigenvalue weighted by Crippen LogP contribution is -2.42. The van der Waals surface area contributed by atoms with Crippen LogP contribution in [0.2, 0.25) is 0 Å². The third-order valence-corrected chi connectivity index (χ3v) is 4.95. The van der Waals surface area contributed by atoms with Gasteiger partial charge in [-0.25, -0.2) is 9.59 Å². The summed E-state index contributed by atoms with van der Waals surface area (Å²) in [6.45, 7) is 14.3. The van der Waals surface area contributed by atoms with E-state index in [0.717, 1.165) is 0 Å². The molecule has 4 atom stereocenters. The van der Waals surface area contributed by atoms with Crippen molar-refractivity contribution in [3.05, 3.63) is 0 Å². The maximum absolute atomic E-state index is 12.7. The first-order valence-electron chi connectivity index (χ1n) is 8.94. The quantitative estimate of drug-likeness (QED) is 0.717. The molecule has 1 saturated heterocycles. The summed E-state index contributed by atoms with van der Waals surface area (Å²) < 4.78 is 11.1. The zero-order valence-electron chi connectivity index (χ0n) is 16.4. The number of rotatable bonds is 1. The molecule has 25 heavy (non-hydrogen) atoms. The van der Waals surface area contributed by atoms with E-state index in [9.17, 15) is 9.59 Å². The van der Waals surface area contributed by atoms with Crippen LogP contribution in [0.5, 0.6) is 0 Å². The summed E-state index contributed by atoms with van der Waals surface area (Å²) in [4.78, 5) is 28.9. The molecule has 1 saturated carbocycles. The topological polar surface area (TPSA) is 59.1 Å². The molecule has 2 aliphatic rings. The van der Waals surface area contributed by atoms with E-state index in [0.29, 0.717) is 18.8 Å². The number of thiol groups is 1. The number of ether oxygens (including phenoxy) is 2. The molecule has 0 N–H and O–H groups in total. The van der Waals surface area contributed by atoms with E-state index in [2.05, 4.69) is 19.6 Å². The van der Waals surface area contributed by atoms with Gasteiger partial charge in [-0.2, -0.15) is 12.6 Å². The monoisotopic (exact) mass is 372 g/mol. The zero-order chi connectivity index (χ0) is 19.2. The molecule has 6 nitrogen and oxygen atoms in total. The molecule has 0 aromatic heterocycles. The maximum Gasteiger partial charge on any atom is 0.410 e. The Hall–Kier alpha value is -1.11. The van der Waals surface area contributed by atoms with Gasteiger partial charge in [-0.05, 0) is 47.3 Å². The molecular formula is C18H32N2O4S. The van der Waals surface area contributed by atoms with Crippen LogP contribution in [0.25, 0.3) is 0 Å². The molecule has 2 rings (SSSR count). The Labute approximate surface area is 156 Å². The highest BCUT2D eigenvalue weighted by molar-refractivity contribution is 7.80. The lowest BCUT2D eigenvalue weighted by atomic mass is 10.1. The van der Waals surface area contributed by atoms with E-state index in [1.165, 1.54) is 0 Å². The number of fused-ring (bicyclic) bond motifs is 1. The molecule has 0 spiro atoms. The van der Waals surface area contributed by atoms with Crippen molar-refractivity contribution in [3.63, 3.8) is 0 Å². The molecule has 2 fully saturated rings. The molecule has 1 aliphatic heterocycles. The normalized spacial score (nSPS) is 29.6. The SMILES string of the molecule is C[C@H]1[C@@H]2[C@H]1N(C(=O)OC(C)(C)C)C[C@@H](CS)CN2C(=O)OC(C)(C)C. The Morgan fingerprint density at radius 3 is 1.56 bits per heavy atom. The van der Waals surface area contributed by atoms with E-state index in [4.69, 9.17) is 9.47 Å². The first-order valence-corrected chi connectivity index (χ1v) is 9.57. The van der Waals surface area contributed by atoms with Gasteiger partial charge >= 0.3 is 12.2 Å². The van der Waals surface area contributed by atoms with Crippen molar-refractivity contribution >= 4 is 24.8 Å². The van der Waals surface area contributed by atoms with E-state index in [1.54, 1.807) is 9.80 Å². The Bertz CT molecular complexity index is 482. The van der Waals surface area contributed by atoms with Crippen molar-refractivity contribution in [3.8, 4) is 0 Å². The summed E-state index contributed by atoms with van der Waals surface area (Å²) in [5.41, 5.74) is -1.09. The smallest absolute Gasteiger partial charge is 0.410 e. The highest BCUT2D eigenvalue weighted by Crippen LogP contribution is 2.44. The van der Waals surface area contributed by atoms with Crippen molar-refractivity contribution in [1.82, 2.24) is 9.80 Å². The Kier molecular flexibility index (Phi) is 5.57. The number of hydrogen-bond donors (Lipinski definition) is 1. The van der Waals surface area contributed by atoms with Crippen molar-refractivity contribution in [1.29, 1.82) is 0 Å². The van der Waals surface area contributed by atoms with Gasteiger partial charge in [0.05, 0.1) is 12.1 Å². The molecule has 1 aliphatic carbocycles. The predicted octanol–water partition coefficient (Wildman–Crippen LogP) is 3.41. The fourth-order valence-corrected chi connectivity index (χ4v) is 3.60. The van der Waals surface area contributed by atoms with Gasteiger partial charge in [0.25, 0.3) is 0 Å². The largest absolute Gasteiger partial charge is 0.444 e. The molecule has 0 aromatic carbocycles. The fourth-order valence-electron chi connectivity index (χ4n) is 3.36. The summed E-state index contributed by atoms with van der Waals surface area (Å²) in [5, 5.41) is 0. The lowest BCUT2D eigenvalue weighted by Gasteiger charge is -2.30. The average molecular weight is 373 g/mol. The molecule has 0 unspecified atom stereocenters. The van der Waals surface area contributed by atoms with Crippen molar-refractivity contribution in [2.24, 2.45) is 11.8 Å². The van der Waals surface area contributed by atoms with Crippen LogP contribution >= 0.6 is 12.6 Å². The van der Waals surface area contributed by atoms with Gasteiger partial charge in [-0.3, -0.25) is 0 Å². The second-order valence-electron chi connectivity index (χ2n) is 9.15. The molecule has 144 valence electrons. The fraction of sp³-hybridized carbons (Fsp3) is 0.889. The number of nitrogens with zero attached hydrogens (tertiary/aromatic N) is 2. The second-order valence-corrected chi connectivity index (χ2v) is 9.52. The highest BCUT2D eigenvalue weighted by atomic mass is 32.1. The van der Waals surface area contributed by atoms with Gasteiger partial charge in [-0.15, -0.1) is 0 Å². The third-order valence-electron chi connectivity index (χ3n) is 4.43. The Morgan fingerprint density at radius 1 is 0.920 bits per heavy atom. The third kappa shape index (κ3) is 4.96. The van der Waals surface area contributed by atoms with Crippen LogP contribution in [0, 0.1) is 11.8 Å². The average Bonchev–Trinajstić information content (AvgIpc) is 3.09. The number of amides is 2.